The van der Waals surface area contributed by atoms with Gasteiger partial charge in [0.2, 0.25) is 5.91 Å². The molecule has 32 heavy (non-hydrogen) atoms. The first-order valence-electron chi connectivity index (χ1n) is 10.3. The molecule has 0 spiro atoms. The first-order valence-corrected chi connectivity index (χ1v) is 10.3. The first kappa shape index (κ1) is 23.2. The van der Waals surface area contributed by atoms with E-state index in [0.717, 1.165) is 11.1 Å². The number of rotatable bonds is 7. The molecule has 8 nitrogen and oxygen atoms in total. The number of carbonyl (C=O) groups is 2. The van der Waals surface area contributed by atoms with E-state index < -0.39 is 18.1 Å². The van der Waals surface area contributed by atoms with E-state index in [1.807, 2.05) is 12.1 Å². The molecule has 0 aliphatic carbocycles. The zero-order valence-corrected chi connectivity index (χ0v) is 19.3. The second-order valence-electron chi connectivity index (χ2n) is 7.42. The molecule has 1 aliphatic heterocycles. The van der Waals surface area contributed by atoms with Crippen molar-refractivity contribution < 1.29 is 33.3 Å². The number of hydrogen-bond acceptors (Lipinski definition) is 7. The molecule has 0 saturated carbocycles. The van der Waals surface area contributed by atoms with Crippen LogP contribution in [-0.2, 0) is 20.7 Å². The number of amides is 1. The monoisotopic (exact) mass is 443 g/mol. The lowest BCUT2D eigenvalue weighted by Gasteiger charge is -2.41. The SMILES string of the molecule is COc1ccc([C@@H](OC(C)=O)[C@H]2c3ccc(OC)c(OC)c3CCN2C(C)=O)cc1OC. The van der Waals surface area contributed by atoms with E-state index in [9.17, 15) is 9.59 Å². The van der Waals surface area contributed by atoms with Crippen LogP contribution in [0, 0.1) is 0 Å². The molecule has 0 N–H and O–H groups in total. The highest BCUT2D eigenvalue weighted by Crippen LogP contribution is 2.47. The van der Waals surface area contributed by atoms with Gasteiger partial charge in [0.15, 0.2) is 29.1 Å². The standard InChI is InChI=1S/C24H29NO7/c1-14(26)25-12-11-18-17(8-10-20(29-4)24(18)31-6)22(25)23(32-15(2)27)16-7-9-19(28-3)21(13-16)30-5/h7-10,13,22-23H,11-12H2,1-6H3/t22-,23-/m1/s1. The average molecular weight is 443 g/mol. The van der Waals surface area contributed by atoms with Gasteiger partial charge in [0, 0.05) is 26.0 Å². The summed E-state index contributed by atoms with van der Waals surface area (Å²) in [7, 11) is 6.26. The van der Waals surface area contributed by atoms with E-state index in [1.54, 1.807) is 44.4 Å². The van der Waals surface area contributed by atoms with Gasteiger partial charge in [0.25, 0.3) is 0 Å². The van der Waals surface area contributed by atoms with Gasteiger partial charge in [-0.05, 0) is 35.7 Å². The minimum absolute atomic E-state index is 0.118. The predicted molar refractivity (Wildman–Crippen MR) is 117 cm³/mol. The Bertz CT molecular complexity index is 1000. The summed E-state index contributed by atoms with van der Waals surface area (Å²) >= 11 is 0. The van der Waals surface area contributed by atoms with Crippen molar-refractivity contribution in [1.82, 2.24) is 4.90 Å². The molecule has 2 aromatic rings. The van der Waals surface area contributed by atoms with Crippen molar-refractivity contribution in [1.29, 1.82) is 0 Å². The molecule has 0 aromatic heterocycles. The molecule has 2 atom stereocenters. The van der Waals surface area contributed by atoms with Gasteiger partial charge in [-0.25, -0.2) is 0 Å². The van der Waals surface area contributed by atoms with Gasteiger partial charge in [0.05, 0.1) is 34.5 Å². The molecule has 3 rings (SSSR count). The quantitative estimate of drug-likeness (QED) is 0.606. The molecule has 8 heteroatoms. The first-order chi connectivity index (χ1) is 15.4. The molecular weight excluding hydrogens is 414 g/mol. The zero-order valence-electron chi connectivity index (χ0n) is 19.3. The van der Waals surface area contributed by atoms with Crippen molar-refractivity contribution in [3.05, 3.63) is 47.0 Å². The second-order valence-corrected chi connectivity index (χ2v) is 7.42. The zero-order chi connectivity index (χ0) is 23.4. The van der Waals surface area contributed by atoms with E-state index >= 15 is 0 Å². The average Bonchev–Trinajstić information content (AvgIpc) is 2.80. The van der Waals surface area contributed by atoms with E-state index in [2.05, 4.69) is 0 Å². The Morgan fingerprint density at radius 1 is 0.906 bits per heavy atom. The van der Waals surface area contributed by atoms with Crippen molar-refractivity contribution >= 4 is 11.9 Å². The summed E-state index contributed by atoms with van der Waals surface area (Å²) in [6.07, 6.45) is -0.182. The summed E-state index contributed by atoms with van der Waals surface area (Å²) in [6, 6.07) is 8.46. The van der Waals surface area contributed by atoms with Crippen LogP contribution >= 0.6 is 0 Å². The third kappa shape index (κ3) is 4.30. The number of fused-ring (bicyclic) bond motifs is 1. The smallest absolute Gasteiger partial charge is 0.303 e. The van der Waals surface area contributed by atoms with E-state index in [1.165, 1.54) is 21.0 Å². The fraction of sp³-hybridized carbons (Fsp3) is 0.417. The van der Waals surface area contributed by atoms with Gasteiger partial charge in [-0.3, -0.25) is 9.59 Å². The summed E-state index contributed by atoms with van der Waals surface area (Å²) in [5, 5.41) is 0. The predicted octanol–water partition coefficient (Wildman–Crippen LogP) is 3.47. The number of nitrogens with zero attached hydrogens (tertiary/aromatic N) is 1. The van der Waals surface area contributed by atoms with Crippen LogP contribution in [-0.4, -0.2) is 51.8 Å². The van der Waals surface area contributed by atoms with Crippen molar-refractivity contribution in [3.63, 3.8) is 0 Å². The fourth-order valence-electron chi connectivity index (χ4n) is 4.28. The molecule has 1 amide bonds. The van der Waals surface area contributed by atoms with Gasteiger partial charge >= 0.3 is 5.97 Å². The minimum atomic E-state index is -0.770. The van der Waals surface area contributed by atoms with Crippen LogP contribution in [0.4, 0.5) is 0 Å². The number of methoxy groups -OCH3 is 4. The Balaban J connectivity index is 2.22. The van der Waals surface area contributed by atoms with Crippen LogP contribution in [0.25, 0.3) is 0 Å². The number of ether oxygens (including phenoxy) is 5. The fourth-order valence-corrected chi connectivity index (χ4v) is 4.28. The minimum Gasteiger partial charge on any atom is -0.493 e. The molecule has 0 unspecified atom stereocenters. The lowest BCUT2D eigenvalue weighted by Crippen LogP contribution is -2.42. The van der Waals surface area contributed by atoms with E-state index in [-0.39, 0.29) is 5.91 Å². The summed E-state index contributed by atoms with van der Waals surface area (Å²) in [6.45, 7) is 3.31. The van der Waals surface area contributed by atoms with Crippen molar-refractivity contribution in [2.24, 2.45) is 0 Å². The number of benzene rings is 2. The maximum absolute atomic E-state index is 12.6. The van der Waals surface area contributed by atoms with Crippen molar-refractivity contribution in [3.8, 4) is 23.0 Å². The normalized spacial score (nSPS) is 15.9. The maximum Gasteiger partial charge on any atom is 0.303 e. The van der Waals surface area contributed by atoms with Gasteiger partial charge < -0.3 is 28.6 Å². The molecule has 0 bridgehead atoms. The highest BCUT2D eigenvalue weighted by Gasteiger charge is 2.40. The topological polar surface area (TPSA) is 83.5 Å². The molecule has 2 aromatic carbocycles. The lowest BCUT2D eigenvalue weighted by molar-refractivity contribution is -0.155. The van der Waals surface area contributed by atoms with Gasteiger partial charge in [-0.2, -0.15) is 0 Å². The Hall–Kier alpha value is -3.42. The Morgan fingerprint density at radius 2 is 1.56 bits per heavy atom. The van der Waals surface area contributed by atoms with Gasteiger partial charge in [0.1, 0.15) is 0 Å². The van der Waals surface area contributed by atoms with Crippen molar-refractivity contribution in [2.45, 2.75) is 32.4 Å². The van der Waals surface area contributed by atoms with E-state index in [4.69, 9.17) is 23.7 Å². The largest absolute Gasteiger partial charge is 0.493 e. The maximum atomic E-state index is 12.6. The molecule has 0 radical (unpaired) electrons. The number of esters is 1. The second kappa shape index (κ2) is 9.80. The van der Waals surface area contributed by atoms with Crippen LogP contribution in [0.2, 0.25) is 0 Å². The Kier molecular flexibility index (Phi) is 7.12. The molecular formula is C24H29NO7. The van der Waals surface area contributed by atoms with Crippen LogP contribution in [0.3, 0.4) is 0 Å². The van der Waals surface area contributed by atoms with Crippen molar-refractivity contribution in [2.75, 3.05) is 35.0 Å². The molecule has 0 fully saturated rings. The summed E-state index contributed by atoms with van der Waals surface area (Å²) < 4.78 is 27.7. The van der Waals surface area contributed by atoms with E-state index in [0.29, 0.717) is 41.5 Å². The van der Waals surface area contributed by atoms with Crippen LogP contribution in [0.1, 0.15) is 42.7 Å². The summed E-state index contributed by atoms with van der Waals surface area (Å²) in [5.74, 6) is 1.70. The van der Waals surface area contributed by atoms with Gasteiger partial charge in [-0.1, -0.05) is 12.1 Å². The molecule has 0 saturated heterocycles. The van der Waals surface area contributed by atoms with Crippen LogP contribution in [0.15, 0.2) is 30.3 Å². The highest BCUT2D eigenvalue weighted by atomic mass is 16.5. The van der Waals surface area contributed by atoms with Crippen LogP contribution in [0.5, 0.6) is 23.0 Å². The number of hydrogen-bond donors (Lipinski definition) is 0. The highest BCUT2D eigenvalue weighted by molar-refractivity contribution is 5.75. The summed E-state index contributed by atoms with van der Waals surface area (Å²) in [4.78, 5) is 26.5. The lowest BCUT2D eigenvalue weighted by atomic mass is 9.85. The molecule has 1 heterocycles. The third-order valence-electron chi connectivity index (χ3n) is 5.66. The Labute approximate surface area is 188 Å². The molecule has 172 valence electrons. The summed E-state index contributed by atoms with van der Waals surface area (Å²) in [5.41, 5.74) is 2.44. The Morgan fingerprint density at radius 3 is 2.12 bits per heavy atom. The number of carbonyl (C=O) groups excluding carboxylic acids is 2. The van der Waals surface area contributed by atoms with Crippen LogP contribution < -0.4 is 18.9 Å². The molecule has 1 aliphatic rings. The third-order valence-corrected chi connectivity index (χ3v) is 5.66. The van der Waals surface area contributed by atoms with Gasteiger partial charge in [-0.15, -0.1) is 0 Å².